The molecular weight excluding hydrogens is 496 g/mol. The van der Waals surface area contributed by atoms with Crippen LogP contribution < -0.4 is 20.5 Å². The van der Waals surface area contributed by atoms with E-state index in [1.165, 1.54) is 0 Å². The summed E-state index contributed by atoms with van der Waals surface area (Å²) >= 11 is 0. The first kappa shape index (κ1) is 31.7. The molecule has 222 valence electrons. The molecule has 1 amide bonds. The van der Waals surface area contributed by atoms with Crippen molar-refractivity contribution in [2.75, 3.05) is 27.4 Å². The molecule has 1 aromatic carbocycles. The van der Waals surface area contributed by atoms with Gasteiger partial charge in [0.25, 0.3) is 0 Å². The van der Waals surface area contributed by atoms with Crippen LogP contribution in [0.5, 0.6) is 11.5 Å². The Morgan fingerprint density at radius 2 is 1.87 bits per heavy atom. The van der Waals surface area contributed by atoms with Gasteiger partial charge in [0.15, 0.2) is 11.5 Å². The maximum atomic E-state index is 13.2. The van der Waals surface area contributed by atoms with E-state index in [9.17, 15) is 9.90 Å². The van der Waals surface area contributed by atoms with Gasteiger partial charge >= 0.3 is 0 Å². The number of nitrogens with one attached hydrogen (secondary N) is 1. The normalized spacial score (nSPS) is 23.6. The standard InChI is InChI=1S/C31H52N2O6/c1-19(2)22(14-21-8-10-29(37-6)30(15-21)38-13-7-12-36-5)16-25(32)27(34)18-24(20(3)4)31(35)33-26-17-23-9-11-28(26)39-23/h8,10,15,19-20,22-28,34H,7,9,11-14,16-18,32H2,1-6H3,(H,33,35)/t22-,23?,24-,25-,26+,27-,28?/m0/s1. The number of methoxy groups -OCH3 is 2. The molecule has 4 N–H and O–H groups in total. The molecule has 7 atom stereocenters. The quantitative estimate of drug-likeness (QED) is 0.251. The number of hydrogen-bond acceptors (Lipinski definition) is 7. The van der Waals surface area contributed by atoms with Gasteiger partial charge in [-0.05, 0) is 74.0 Å². The third kappa shape index (κ3) is 9.07. The van der Waals surface area contributed by atoms with Gasteiger partial charge in [-0.25, -0.2) is 0 Å². The predicted molar refractivity (Wildman–Crippen MR) is 153 cm³/mol. The zero-order valence-electron chi connectivity index (χ0n) is 24.9. The lowest BCUT2D eigenvalue weighted by Crippen LogP contribution is -2.47. The Bertz CT molecular complexity index is 894. The molecule has 0 spiro atoms. The zero-order valence-corrected chi connectivity index (χ0v) is 24.9. The maximum absolute atomic E-state index is 13.2. The summed E-state index contributed by atoms with van der Waals surface area (Å²) in [5.41, 5.74) is 7.73. The van der Waals surface area contributed by atoms with Gasteiger partial charge in [-0.15, -0.1) is 0 Å². The molecule has 2 fully saturated rings. The summed E-state index contributed by atoms with van der Waals surface area (Å²) < 4.78 is 22.5. The third-order valence-electron chi connectivity index (χ3n) is 8.56. The number of benzene rings is 1. The lowest BCUT2D eigenvalue weighted by Gasteiger charge is -2.31. The molecule has 2 saturated heterocycles. The molecular formula is C31H52N2O6. The summed E-state index contributed by atoms with van der Waals surface area (Å²) in [6.07, 6.45) is 5.32. The highest BCUT2D eigenvalue weighted by Crippen LogP contribution is 2.35. The Morgan fingerprint density at radius 3 is 2.46 bits per heavy atom. The lowest BCUT2D eigenvalue weighted by molar-refractivity contribution is -0.128. The highest BCUT2D eigenvalue weighted by atomic mass is 16.5. The van der Waals surface area contributed by atoms with Gasteiger partial charge in [-0.3, -0.25) is 4.79 Å². The first-order chi connectivity index (χ1) is 18.6. The van der Waals surface area contributed by atoms with Crippen molar-refractivity contribution in [3.8, 4) is 11.5 Å². The summed E-state index contributed by atoms with van der Waals surface area (Å²) in [6.45, 7) is 9.66. The minimum Gasteiger partial charge on any atom is -0.493 e. The molecule has 0 radical (unpaired) electrons. The Morgan fingerprint density at radius 1 is 1.10 bits per heavy atom. The van der Waals surface area contributed by atoms with Crippen LogP contribution in [0, 0.1) is 23.7 Å². The topological polar surface area (TPSA) is 112 Å². The number of nitrogens with two attached hydrogens (primary N) is 1. The summed E-state index contributed by atoms with van der Waals surface area (Å²) in [6, 6.07) is 5.73. The van der Waals surface area contributed by atoms with Gasteiger partial charge < -0.3 is 35.1 Å². The van der Waals surface area contributed by atoms with E-state index in [4.69, 9.17) is 24.7 Å². The highest BCUT2D eigenvalue weighted by molar-refractivity contribution is 5.79. The zero-order chi connectivity index (χ0) is 28.5. The largest absolute Gasteiger partial charge is 0.493 e. The fraction of sp³-hybridized carbons (Fsp3) is 0.774. The second-order valence-electron chi connectivity index (χ2n) is 12.2. The van der Waals surface area contributed by atoms with E-state index in [2.05, 4.69) is 25.2 Å². The molecule has 8 heteroatoms. The van der Waals surface area contributed by atoms with E-state index >= 15 is 0 Å². The molecule has 39 heavy (non-hydrogen) atoms. The number of carbonyl (C=O) groups excluding carboxylic acids is 1. The average molecular weight is 549 g/mol. The molecule has 8 nitrogen and oxygen atoms in total. The number of carbonyl (C=O) groups is 1. The van der Waals surface area contributed by atoms with Crippen molar-refractivity contribution < 1.29 is 28.8 Å². The van der Waals surface area contributed by atoms with Crippen LogP contribution in [0.2, 0.25) is 0 Å². The minimum atomic E-state index is -0.753. The number of ether oxygens (including phenoxy) is 4. The van der Waals surface area contributed by atoms with Crippen LogP contribution in [-0.4, -0.2) is 68.8 Å². The number of aliphatic hydroxyl groups excluding tert-OH is 1. The fourth-order valence-corrected chi connectivity index (χ4v) is 5.94. The molecule has 0 aliphatic carbocycles. The number of rotatable bonds is 17. The summed E-state index contributed by atoms with van der Waals surface area (Å²) in [4.78, 5) is 13.2. The molecule has 2 aliphatic rings. The van der Waals surface area contributed by atoms with E-state index in [0.29, 0.717) is 37.7 Å². The molecule has 1 aromatic rings. The van der Waals surface area contributed by atoms with Gasteiger partial charge in [-0.2, -0.15) is 0 Å². The van der Waals surface area contributed by atoms with Crippen molar-refractivity contribution in [3.05, 3.63) is 23.8 Å². The van der Waals surface area contributed by atoms with Crippen LogP contribution in [0.1, 0.15) is 71.8 Å². The van der Waals surface area contributed by atoms with Crippen molar-refractivity contribution in [3.63, 3.8) is 0 Å². The molecule has 2 aliphatic heterocycles. The van der Waals surface area contributed by atoms with Crippen molar-refractivity contribution in [2.45, 2.75) is 103 Å². The molecule has 2 bridgehead atoms. The van der Waals surface area contributed by atoms with Crippen LogP contribution in [0.25, 0.3) is 0 Å². The van der Waals surface area contributed by atoms with E-state index in [0.717, 1.165) is 43.4 Å². The first-order valence-electron chi connectivity index (χ1n) is 14.8. The van der Waals surface area contributed by atoms with Crippen LogP contribution in [0.15, 0.2) is 18.2 Å². The van der Waals surface area contributed by atoms with E-state index in [1.54, 1.807) is 14.2 Å². The number of hydrogen-bond donors (Lipinski definition) is 3. The van der Waals surface area contributed by atoms with Gasteiger partial charge in [0.05, 0.1) is 38.1 Å². The van der Waals surface area contributed by atoms with Crippen LogP contribution in [0.3, 0.4) is 0 Å². The number of amides is 1. The monoisotopic (exact) mass is 548 g/mol. The van der Waals surface area contributed by atoms with Gasteiger partial charge in [0.1, 0.15) is 0 Å². The van der Waals surface area contributed by atoms with E-state index in [-0.39, 0.29) is 41.9 Å². The van der Waals surface area contributed by atoms with Gasteiger partial charge in [0, 0.05) is 32.1 Å². The second-order valence-corrected chi connectivity index (χ2v) is 12.2. The average Bonchev–Trinajstić information content (AvgIpc) is 3.52. The maximum Gasteiger partial charge on any atom is 0.223 e. The van der Waals surface area contributed by atoms with Gasteiger partial charge in [-0.1, -0.05) is 33.8 Å². The van der Waals surface area contributed by atoms with Gasteiger partial charge in [0.2, 0.25) is 5.91 Å². The second kappa shape index (κ2) is 15.2. The molecule has 0 aromatic heterocycles. The highest BCUT2D eigenvalue weighted by Gasteiger charge is 2.42. The van der Waals surface area contributed by atoms with Crippen LogP contribution >= 0.6 is 0 Å². The SMILES string of the molecule is COCCCOc1cc(C[C@@H](C[C@H](N)[C@@H](O)C[C@H](C(=O)N[C@@H]2CC3CCC2O3)C(C)C)C(C)C)ccc1OC. The lowest BCUT2D eigenvalue weighted by atomic mass is 9.80. The minimum absolute atomic E-state index is 0.00840. The van der Waals surface area contributed by atoms with Crippen molar-refractivity contribution in [1.29, 1.82) is 0 Å². The molecule has 2 heterocycles. The first-order valence-corrected chi connectivity index (χ1v) is 14.8. The van der Waals surface area contributed by atoms with E-state index in [1.807, 2.05) is 26.0 Å². The van der Waals surface area contributed by atoms with E-state index < -0.39 is 12.1 Å². The van der Waals surface area contributed by atoms with Crippen LogP contribution in [0.4, 0.5) is 0 Å². The van der Waals surface area contributed by atoms with Crippen molar-refractivity contribution in [2.24, 2.45) is 29.4 Å². The predicted octanol–water partition coefficient (Wildman–Crippen LogP) is 4.10. The number of fused-ring (bicyclic) bond motifs is 2. The Hall–Kier alpha value is -1.87. The fourth-order valence-electron chi connectivity index (χ4n) is 5.94. The third-order valence-corrected chi connectivity index (χ3v) is 8.56. The van der Waals surface area contributed by atoms with Crippen molar-refractivity contribution in [1.82, 2.24) is 5.32 Å². The Kier molecular flexibility index (Phi) is 12.4. The Balaban J connectivity index is 1.58. The van der Waals surface area contributed by atoms with Crippen LogP contribution in [-0.2, 0) is 20.7 Å². The smallest absolute Gasteiger partial charge is 0.223 e. The molecule has 0 saturated carbocycles. The number of aliphatic hydroxyl groups is 1. The Labute approximate surface area is 235 Å². The van der Waals surface area contributed by atoms with Crippen molar-refractivity contribution >= 4 is 5.91 Å². The molecule has 2 unspecified atom stereocenters. The summed E-state index contributed by atoms with van der Waals surface area (Å²) in [5.74, 6) is 1.90. The summed E-state index contributed by atoms with van der Waals surface area (Å²) in [7, 11) is 3.33. The molecule has 3 rings (SSSR count). The summed E-state index contributed by atoms with van der Waals surface area (Å²) in [5, 5.41) is 14.3.